The van der Waals surface area contributed by atoms with Crippen LogP contribution in [0.4, 0.5) is 0 Å². The molecule has 3 nitrogen and oxygen atoms in total. The van der Waals surface area contributed by atoms with Crippen molar-refractivity contribution in [2.45, 2.75) is 39.0 Å². The molecule has 1 aliphatic rings. The Morgan fingerprint density at radius 2 is 2.13 bits per heavy atom. The largest absolute Gasteiger partial charge is 0.477 e. The monoisotopic (exact) mass is 205 g/mol. The summed E-state index contributed by atoms with van der Waals surface area (Å²) in [6.07, 6.45) is 1.08. The second-order valence-corrected chi connectivity index (χ2v) is 4.47. The molecule has 0 radical (unpaired) electrons. The Hall–Kier alpha value is -1.38. The van der Waals surface area contributed by atoms with Crippen LogP contribution in [-0.2, 0) is 0 Å². The minimum absolute atomic E-state index is 0.173. The predicted octanol–water partition coefficient (Wildman–Crippen LogP) is 2.70. The highest BCUT2D eigenvalue weighted by molar-refractivity contribution is 5.85. The number of aromatic nitrogens is 1. The second-order valence-electron chi connectivity index (χ2n) is 4.47. The molecular formula is C12H15NO2. The molecule has 0 aliphatic heterocycles. The van der Waals surface area contributed by atoms with Crippen molar-refractivity contribution < 1.29 is 9.90 Å². The fraction of sp³-hybridized carbons (Fsp3) is 0.500. The summed E-state index contributed by atoms with van der Waals surface area (Å²) in [5.41, 5.74) is 3.48. The van der Waals surface area contributed by atoms with Crippen LogP contribution in [0.25, 0.3) is 0 Å². The molecule has 0 fully saturated rings. The maximum Gasteiger partial charge on any atom is 0.354 e. The molecule has 1 aliphatic carbocycles. The normalized spacial score (nSPS) is 23.9. The standard InChI is InChI=1S/C12H15NO2/c1-6-4-8(3)11-10(6)7(2)5-9(13-11)12(14)15/h5-6,8H,4H2,1-3H3,(H,14,15). The minimum atomic E-state index is -0.937. The van der Waals surface area contributed by atoms with Gasteiger partial charge in [-0.15, -0.1) is 0 Å². The Morgan fingerprint density at radius 1 is 1.47 bits per heavy atom. The van der Waals surface area contributed by atoms with E-state index in [9.17, 15) is 4.79 Å². The summed E-state index contributed by atoms with van der Waals surface area (Å²) < 4.78 is 0. The van der Waals surface area contributed by atoms with Gasteiger partial charge in [0.2, 0.25) is 0 Å². The molecule has 0 saturated heterocycles. The quantitative estimate of drug-likeness (QED) is 0.766. The summed E-state index contributed by atoms with van der Waals surface area (Å²) >= 11 is 0. The summed E-state index contributed by atoms with van der Waals surface area (Å²) in [6, 6.07) is 1.68. The third-order valence-electron chi connectivity index (χ3n) is 3.18. The molecule has 1 aromatic heterocycles. The lowest BCUT2D eigenvalue weighted by Gasteiger charge is -2.09. The van der Waals surface area contributed by atoms with Crippen molar-refractivity contribution >= 4 is 5.97 Å². The van der Waals surface area contributed by atoms with E-state index in [0.29, 0.717) is 11.8 Å². The Bertz CT molecular complexity index is 426. The molecule has 0 spiro atoms. The van der Waals surface area contributed by atoms with E-state index in [4.69, 9.17) is 5.11 Å². The molecule has 2 rings (SSSR count). The fourth-order valence-electron chi connectivity index (χ4n) is 2.59. The van der Waals surface area contributed by atoms with Gasteiger partial charge in [-0.25, -0.2) is 9.78 Å². The van der Waals surface area contributed by atoms with Gasteiger partial charge in [-0.3, -0.25) is 0 Å². The lowest BCUT2D eigenvalue weighted by Crippen LogP contribution is -2.06. The van der Waals surface area contributed by atoms with Crippen LogP contribution in [0.3, 0.4) is 0 Å². The van der Waals surface area contributed by atoms with Gasteiger partial charge in [-0.2, -0.15) is 0 Å². The molecule has 2 atom stereocenters. The number of aromatic carboxylic acids is 1. The molecule has 15 heavy (non-hydrogen) atoms. The Labute approximate surface area is 89.2 Å². The number of rotatable bonds is 1. The highest BCUT2D eigenvalue weighted by Crippen LogP contribution is 2.41. The van der Waals surface area contributed by atoms with Gasteiger partial charge in [0.1, 0.15) is 5.69 Å². The first kappa shape index (κ1) is 10.1. The maximum absolute atomic E-state index is 10.9. The van der Waals surface area contributed by atoms with Crippen molar-refractivity contribution in [1.82, 2.24) is 4.98 Å². The number of hydrogen-bond acceptors (Lipinski definition) is 2. The molecule has 0 amide bonds. The molecule has 2 unspecified atom stereocenters. The van der Waals surface area contributed by atoms with Gasteiger partial charge >= 0.3 is 5.97 Å². The van der Waals surface area contributed by atoms with Gasteiger partial charge in [0.05, 0.1) is 0 Å². The van der Waals surface area contributed by atoms with Crippen LogP contribution in [0, 0.1) is 6.92 Å². The highest BCUT2D eigenvalue weighted by Gasteiger charge is 2.29. The third kappa shape index (κ3) is 1.52. The van der Waals surface area contributed by atoms with Gasteiger partial charge in [-0.1, -0.05) is 13.8 Å². The number of fused-ring (bicyclic) bond motifs is 1. The van der Waals surface area contributed by atoms with Crippen LogP contribution in [0.1, 0.15) is 59.4 Å². The second kappa shape index (κ2) is 3.33. The van der Waals surface area contributed by atoms with E-state index >= 15 is 0 Å². The molecular weight excluding hydrogens is 190 g/mol. The average molecular weight is 205 g/mol. The van der Waals surface area contributed by atoms with E-state index in [1.54, 1.807) is 6.07 Å². The smallest absolute Gasteiger partial charge is 0.354 e. The molecule has 1 heterocycles. The van der Waals surface area contributed by atoms with Gasteiger partial charge in [0.15, 0.2) is 0 Å². The van der Waals surface area contributed by atoms with Crippen LogP contribution in [0.2, 0.25) is 0 Å². The van der Waals surface area contributed by atoms with E-state index < -0.39 is 5.97 Å². The van der Waals surface area contributed by atoms with Crippen LogP contribution in [-0.4, -0.2) is 16.1 Å². The number of hydrogen-bond donors (Lipinski definition) is 1. The van der Waals surface area contributed by atoms with E-state index in [2.05, 4.69) is 18.8 Å². The third-order valence-corrected chi connectivity index (χ3v) is 3.18. The van der Waals surface area contributed by atoms with Gasteiger partial charge in [0.25, 0.3) is 0 Å². The number of aryl methyl sites for hydroxylation is 1. The van der Waals surface area contributed by atoms with Gasteiger partial charge in [0, 0.05) is 5.69 Å². The van der Waals surface area contributed by atoms with E-state index in [1.165, 1.54) is 5.56 Å². The van der Waals surface area contributed by atoms with Crippen molar-refractivity contribution in [3.8, 4) is 0 Å². The molecule has 3 heteroatoms. The average Bonchev–Trinajstić information content (AvgIpc) is 2.42. The predicted molar refractivity (Wildman–Crippen MR) is 57.4 cm³/mol. The topological polar surface area (TPSA) is 50.2 Å². The molecule has 0 aromatic carbocycles. The summed E-state index contributed by atoms with van der Waals surface area (Å²) in [5.74, 6) is -0.0500. The number of nitrogens with zero attached hydrogens (tertiary/aromatic N) is 1. The molecule has 0 bridgehead atoms. The summed E-state index contributed by atoms with van der Waals surface area (Å²) in [4.78, 5) is 15.1. The lowest BCUT2D eigenvalue weighted by atomic mass is 10.00. The van der Waals surface area contributed by atoms with Crippen molar-refractivity contribution in [2.24, 2.45) is 0 Å². The van der Waals surface area contributed by atoms with Crippen molar-refractivity contribution in [1.29, 1.82) is 0 Å². The van der Waals surface area contributed by atoms with E-state index in [-0.39, 0.29) is 5.69 Å². The van der Waals surface area contributed by atoms with Crippen molar-refractivity contribution in [2.75, 3.05) is 0 Å². The Kier molecular flexibility index (Phi) is 2.25. The number of pyridine rings is 1. The SMILES string of the molecule is Cc1cc(C(=O)O)nc2c1C(C)CC2C. The minimum Gasteiger partial charge on any atom is -0.477 e. The first-order chi connectivity index (χ1) is 7.00. The van der Waals surface area contributed by atoms with Gasteiger partial charge < -0.3 is 5.11 Å². The van der Waals surface area contributed by atoms with Crippen LogP contribution < -0.4 is 0 Å². The van der Waals surface area contributed by atoms with Crippen LogP contribution in [0.5, 0.6) is 0 Å². The number of carboxylic acid groups (broad SMARTS) is 1. The van der Waals surface area contributed by atoms with Crippen molar-refractivity contribution in [3.05, 3.63) is 28.6 Å². The summed E-state index contributed by atoms with van der Waals surface area (Å²) in [6.45, 7) is 6.26. The van der Waals surface area contributed by atoms with E-state index in [1.807, 2.05) is 6.92 Å². The van der Waals surface area contributed by atoms with Gasteiger partial charge in [-0.05, 0) is 42.4 Å². The number of carbonyl (C=O) groups is 1. The Balaban J connectivity index is 2.61. The zero-order chi connectivity index (χ0) is 11.2. The fourth-order valence-corrected chi connectivity index (χ4v) is 2.59. The summed E-state index contributed by atoms with van der Waals surface area (Å²) in [7, 11) is 0. The van der Waals surface area contributed by atoms with Crippen LogP contribution in [0.15, 0.2) is 6.07 Å². The highest BCUT2D eigenvalue weighted by atomic mass is 16.4. The zero-order valence-corrected chi connectivity index (χ0v) is 9.24. The first-order valence-corrected chi connectivity index (χ1v) is 5.25. The molecule has 0 saturated carbocycles. The Morgan fingerprint density at radius 3 is 2.73 bits per heavy atom. The summed E-state index contributed by atoms with van der Waals surface area (Å²) in [5, 5.41) is 8.93. The van der Waals surface area contributed by atoms with E-state index in [0.717, 1.165) is 17.7 Å². The lowest BCUT2D eigenvalue weighted by molar-refractivity contribution is 0.0690. The molecule has 1 N–H and O–H groups in total. The molecule has 80 valence electrons. The number of carboxylic acids is 1. The maximum atomic E-state index is 10.9. The molecule has 1 aromatic rings. The zero-order valence-electron chi connectivity index (χ0n) is 9.24. The van der Waals surface area contributed by atoms with Crippen molar-refractivity contribution in [3.63, 3.8) is 0 Å². The first-order valence-electron chi connectivity index (χ1n) is 5.25. The van der Waals surface area contributed by atoms with Crippen LogP contribution >= 0.6 is 0 Å².